The maximum Gasteiger partial charge on any atom is 0.408 e. The third-order valence-electron chi connectivity index (χ3n) is 9.00. The van der Waals surface area contributed by atoms with E-state index in [0.29, 0.717) is 17.7 Å². The number of aromatic amines is 1. The summed E-state index contributed by atoms with van der Waals surface area (Å²) in [6.45, 7) is -0.154. The van der Waals surface area contributed by atoms with E-state index in [0.717, 1.165) is 22.0 Å². The molecule has 1 aromatic heterocycles. The molecule has 260 valence electrons. The molecule has 2 aliphatic rings. The van der Waals surface area contributed by atoms with Crippen LogP contribution in [0.25, 0.3) is 10.9 Å². The average Bonchev–Trinajstić information content (AvgIpc) is 3.72. The largest absolute Gasteiger partial charge is 0.491 e. The van der Waals surface area contributed by atoms with E-state index in [2.05, 4.69) is 15.6 Å². The van der Waals surface area contributed by atoms with Crippen molar-refractivity contribution in [2.45, 2.75) is 37.6 Å². The number of benzene rings is 3. The van der Waals surface area contributed by atoms with Gasteiger partial charge in [-0.15, -0.1) is 0 Å². The molecule has 3 N–H and O–H groups in total. The van der Waals surface area contributed by atoms with E-state index in [1.165, 1.54) is 23.9 Å². The molecule has 13 heteroatoms. The highest BCUT2D eigenvalue weighted by molar-refractivity contribution is 5.96. The van der Waals surface area contributed by atoms with Crippen molar-refractivity contribution in [2.75, 3.05) is 40.3 Å². The summed E-state index contributed by atoms with van der Waals surface area (Å²) in [4.78, 5) is 74.4. The fourth-order valence-corrected chi connectivity index (χ4v) is 6.43. The van der Waals surface area contributed by atoms with Crippen LogP contribution in [0.15, 0.2) is 85.1 Å². The molecule has 13 nitrogen and oxygen atoms in total. The van der Waals surface area contributed by atoms with Crippen LogP contribution < -0.4 is 15.4 Å². The fourth-order valence-electron chi connectivity index (χ4n) is 6.43. The molecule has 1 saturated heterocycles. The summed E-state index contributed by atoms with van der Waals surface area (Å²) in [5, 5.41) is 6.64. The minimum Gasteiger partial charge on any atom is -0.491 e. The second-order valence-electron chi connectivity index (χ2n) is 12.7. The number of H-pyrrole nitrogens is 1. The first-order chi connectivity index (χ1) is 24.1. The molecule has 50 heavy (non-hydrogen) atoms. The Hall–Kier alpha value is -5.85. The summed E-state index contributed by atoms with van der Waals surface area (Å²) in [5.41, 5.74) is 2.91. The van der Waals surface area contributed by atoms with Crippen LogP contribution in [0, 0.1) is 0 Å². The summed E-state index contributed by atoms with van der Waals surface area (Å²) in [5.74, 6) is -1.05. The second-order valence-corrected chi connectivity index (χ2v) is 12.7. The van der Waals surface area contributed by atoms with Gasteiger partial charge in [0, 0.05) is 49.3 Å². The number of hydrogen-bond donors (Lipinski definition) is 3. The Kier molecular flexibility index (Phi) is 10.3. The quantitative estimate of drug-likeness (QED) is 0.283. The normalized spacial score (nSPS) is 20.1. The van der Waals surface area contributed by atoms with Crippen molar-refractivity contribution < 1.29 is 33.4 Å². The number of carbonyl (C=O) groups is 5. The van der Waals surface area contributed by atoms with Crippen molar-refractivity contribution in [3.05, 3.63) is 102 Å². The van der Waals surface area contributed by atoms with Gasteiger partial charge in [-0.25, -0.2) is 4.79 Å². The van der Waals surface area contributed by atoms with Crippen LogP contribution in [0.1, 0.15) is 27.9 Å². The Morgan fingerprint density at radius 2 is 1.70 bits per heavy atom. The van der Waals surface area contributed by atoms with Crippen LogP contribution >= 0.6 is 0 Å². The number of nitrogens with one attached hydrogen (secondary N) is 3. The highest BCUT2D eigenvalue weighted by Crippen LogP contribution is 2.23. The molecule has 0 saturated carbocycles. The highest BCUT2D eigenvalue weighted by atomic mass is 16.5. The third-order valence-corrected chi connectivity index (χ3v) is 9.00. The summed E-state index contributed by atoms with van der Waals surface area (Å²) in [6, 6.07) is 21.5. The van der Waals surface area contributed by atoms with E-state index in [9.17, 15) is 24.0 Å². The Balaban J connectivity index is 1.18. The summed E-state index contributed by atoms with van der Waals surface area (Å²) >= 11 is 0. The average molecular weight is 681 g/mol. The number of carbonyl (C=O) groups excluding carboxylic acids is 5. The Morgan fingerprint density at radius 3 is 2.52 bits per heavy atom. The fraction of sp³-hybridized carbons (Fsp3) is 0.324. The second kappa shape index (κ2) is 15.1. The third kappa shape index (κ3) is 8.05. The van der Waals surface area contributed by atoms with Crippen LogP contribution in [0.3, 0.4) is 0 Å². The van der Waals surface area contributed by atoms with E-state index in [1.54, 1.807) is 41.3 Å². The highest BCUT2D eigenvalue weighted by Gasteiger charge is 2.38. The molecule has 2 bridgehead atoms. The number of rotatable bonds is 6. The maximum atomic E-state index is 13.8. The first kappa shape index (κ1) is 34.0. The number of para-hydroxylation sites is 1. The topological polar surface area (TPSA) is 153 Å². The lowest BCUT2D eigenvalue weighted by molar-refractivity contribution is -0.141. The number of ether oxygens (including phenoxy) is 2. The van der Waals surface area contributed by atoms with Crippen molar-refractivity contribution in [3.8, 4) is 5.75 Å². The zero-order valence-electron chi connectivity index (χ0n) is 28.0. The van der Waals surface area contributed by atoms with Crippen LogP contribution in [0.2, 0.25) is 0 Å². The standard InChI is InChI=1S/C37H40N6O7/c1-41-20-32(40-37(48)50-22-24-9-4-3-5-10-24)36(47)42(2)21-34(45)43-19-27(17-28(43)23-49-29-12-8-11-25(15-29)35(41)46)39-33(44)16-26-18-38-31-14-7-6-13-30(26)31/h3-15,18,27-28,32,38H,16-17,19-23H2,1-2H3,(H,39,44)(H,40,48)/t27-,28-,32-/m0/s1. The van der Waals surface area contributed by atoms with Crippen LogP contribution in [-0.4, -0.2) is 108 Å². The van der Waals surface area contributed by atoms with Gasteiger partial charge in [0.1, 0.15) is 25.0 Å². The Labute approximate surface area is 289 Å². The van der Waals surface area contributed by atoms with Crippen molar-refractivity contribution in [1.82, 2.24) is 30.3 Å². The molecule has 0 unspecified atom stereocenters. The molecule has 6 rings (SSSR count). The molecule has 3 aromatic carbocycles. The zero-order valence-corrected chi connectivity index (χ0v) is 28.0. The SMILES string of the molecule is CN1C[C@H](NC(=O)OCc2ccccc2)C(=O)N(C)CC(=O)N2C[C@@H](NC(=O)Cc3c[nH]c4ccccc34)C[C@H]2COc2cccc(c2)C1=O. The van der Waals surface area contributed by atoms with E-state index >= 15 is 0 Å². The molecule has 0 aliphatic carbocycles. The zero-order chi connectivity index (χ0) is 35.2. The molecular weight excluding hydrogens is 640 g/mol. The Bertz CT molecular complexity index is 1880. The lowest BCUT2D eigenvalue weighted by Gasteiger charge is -2.30. The van der Waals surface area contributed by atoms with Gasteiger partial charge in [0.2, 0.25) is 17.7 Å². The smallest absolute Gasteiger partial charge is 0.408 e. The Morgan fingerprint density at radius 1 is 0.920 bits per heavy atom. The first-order valence-electron chi connectivity index (χ1n) is 16.5. The number of hydrogen-bond acceptors (Lipinski definition) is 7. The summed E-state index contributed by atoms with van der Waals surface area (Å²) < 4.78 is 11.5. The molecule has 2 aliphatic heterocycles. The predicted molar refractivity (Wildman–Crippen MR) is 184 cm³/mol. The molecule has 0 radical (unpaired) electrons. The van der Waals surface area contributed by atoms with Crippen molar-refractivity contribution in [3.63, 3.8) is 0 Å². The van der Waals surface area contributed by atoms with E-state index < -0.39 is 24.1 Å². The van der Waals surface area contributed by atoms with Crippen molar-refractivity contribution in [2.24, 2.45) is 0 Å². The van der Waals surface area contributed by atoms with Crippen molar-refractivity contribution >= 4 is 40.6 Å². The van der Waals surface area contributed by atoms with Gasteiger partial charge in [-0.05, 0) is 41.8 Å². The lowest BCUT2D eigenvalue weighted by atomic mass is 10.1. The van der Waals surface area contributed by atoms with Gasteiger partial charge in [-0.2, -0.15) is 0 Å². The number of fused-ring (bicyclic) bond motifs is 4. The summed E-state index contributed by atoms with van der Waals surface area (Å²) in [7, 11) is 2.99. The van der Waals surface area contributed by atoms with Crippen LogP contribution in [-0.2, 0) is 32.1 Å². The van der Waals surface area contributed by atoms with Crippen LogP contribution in [0.4, 0.5) is 4.79 Å². The lowest BCUT2D eigenvalue weighted by Crippen LogP contribution is -2.55. The number of aromatic nitrogens is 1. The first-order valence-corrected chi connectivity index (χ1v) is 16.5. The number of nitrogens with zero attached hydrogens (tertiary/aromatic N) is 3. The predicted octanol–water partition coefficient (Wildman–Crippen LogP) is 2.71. The van der Waals surface area contributed by atoms with Gasteiger partial charge in [0.15, 0.2) is 0 Å². The van der Waals surface area contributed by atoms with Gasteiger partial charge < -0.3 is 39.8 Å². The van der Waals surface area contributed by atoms with Gasteiger partial charge in [0.05, 0.1) is 25.6 Å². The van der Waals surface area contributed by atoms with E-state index in [1.807, 2.05) is 48.7 Å². The van der Waals surface area contributed by atoms with Crippen molar-refractivity contribution in [1.29, 1.82) is 0 Å². The molecule has 3 heterocycles. The van der Waals surface area contributed by atoms with Gasteiger partial charge in [-0.1, -0.05) is 54.6 Å². The monoisotopic (exact) mass is 680 g/mol. The van der Waals surface area contributed by atoms with E-state index in [4.69, 9.17) is 9.47 Å². The summed E-state index contributed by atoms with van der Waals surface area (Å²) in [6.07, 6.45) is 1.59. The van der Waals surface area contributed by atoms with Gasteiger partial charge in [0.25, 0.3) is 5.91 Å². The van der Waals surface area contributed by atoms with Crippen LogP contribution in [0.5, 0.6) is 5.75 Å². The minimum absolute atomic E-state index is 0.0146. The molecule has 4 aromatic rings. The molecule has 0 spiro atoms. The number of likely N-dealkylation sites (N-methyl/N-ethyl adjacent to an activating group) is 2. The molecule has 3 atom stereocenters. The number of amides is 5. The minimum atomic E-state index is -1.21. The van der Waals surface area contributed by atoms with E-state index in [-0.39, 0.29) is 63.0 Å². The number of alkyl carbamates (subject to hydrolysis) is 1. The molecular formula is C37H40N6O7. The molecule has 1 fully saturated rings. The maximum absolute atomic E-state index is 13.8. The van der Waals surface area contributed by atoms with Gasteiger partial charge in [-0.3, -0.25) is 19.2 Å². The molecule has 5 amide bonds. The van der Waals surface area contributed by atoms with Gasteiger partial charge >= 0.3 is 6.09 Å².